The van der Waals surface area contributed by atoms with E-state index in [0.29, 0.717) is 19.0 Å². The monoisotopic (exact) mass is 506 g/mol. The van der Waals surface area contributed by atoms with Crippen LogP contribution in [0.5, 0.6) is 11.5 Å². The van der Waals surface area contributed by atoms with Gasteiger partial charge in [0.15, 0.2) is 17.5 Å². The van der Waals surface area contributed by atoms with Crippen LogP contribution in [0.4, 0.5) is 4.79 Å². The second kappa shape index (κ2) is 11.2. The minimum absolute atomic E-state index is 0. The molecule has 0 atom stereocenters. The topological polar surface area (TPSA) is 84.4 Å². The maximum absolute atomic E-state index is 11.9. The molecule has 0 saturated carbocycles. The summed E-state index contributed by atoms with van der Waals surface area (Å²) in [6.45, 7) is 7.64. The summed E-state index contributed by atoms with van der Waals surface area (Å²) in [5.41, 5.74) is 0.664. The number of amides is 1. The molecular weight excluding hydrogens is 475 g/mol. The quantitative estimate of drug-likeness (QED) is 0.351. The van der Waals surface area contributed by atoms with Crippen LogP contribution >= 0.6 is 24.0 Å². The predicted octanol–water partition coefficient (Wildman–Crippen LogP) is 2.61. The average Bonchev–Trinajstić information content (AvgIpc) is 3.06. The summed E-state index contributed by atoms with van der Waals surface area (Å²) >= 11 is 0. The lowest BCUT2D eigenvalue weighted by atomic mass is 10.1. The molecule has 1 aromatic carbocycles. The van der Waals surface area contributed by atoms with Crippen molar-refractivity contribution < 1.29 is 19.0 Å². The Kier molecular flexibility index (Phi) is 9.63. The number of fused-ring (bicyclic) bond motifs is 1. The Hall–Kier alpha value is -1.91. The zero-order valence-corrected chi connectivity index (χ0v) is 19.5. The highest BCUT2D eigenvalue weighted by Gasteiger charge is 2.19. The minimum Gasteiger partial charge on any atom is -0.454 e. The number of nitrogens with one attached hydrogen (secondary N) is 2. The van der Waals surface area contributed by atoms with Gasteiger partial charge in [0.1, 0.15) is 5.60 Å². The predicted molar refractivity (Wildman–Crippen MR) is 120 cm³/mol. The Morgan fingerprint density at radius 2 is 1.89 bits per heavy atom. The van der Waals surface area contributed by atoms with Crippen molar-refractivity contribution in [3.8, 4) is 11.5 Å². The smallest absolute Gasteiger partial charge is 0.410 e. The van der Waals surface area contributed by atoms with E-state index in [1.807, 2.05) is 39.0 Å². The fraction of sp³-hybridized carbons (Fsp3) is 0.579. The molecule has 0 spiro atoms. The third-order valence-corrected chi connectivity index (χ3v) is 3.81. The first-order valence-electron chi connectivity index (χ1n) is 9.05. The first-order valence-corrected chi connectivity index (χ1v) is 9.05. The van der Waals surface area contributed by atoms with Crippen LogP contribution in [0.1, 0.15) is 26.3 Å². The van der Waals surface area contributed by atoms with E-state index < -0.39 is 5.60 Å². The summed E-state index contributed by atoms with van der Waals surface area (Å²) in [5.74, 6) is 2.27. The van der Waals surface area contributed by atoms with E-state index in [0.717, 1.165) is 30.0 Å². The van der Waals surface area contributed by atoms with Crippen molar-refractivity contribution in [1.82, 2.24) is 15.5 Å². The van der Waals surface area contributed by atoms with Crippen LogP contribution < -0.4 is 20.1 Å². The van der Waals surface area contributed by atoms with E-state index in [1.165, 1.54) is 4.90 Å². The summed E-state index contributed by atoms with van der Waals surface area (Å²) in [6, 6.07) is 5.95. The van der Waals surface area contributed by atoms with Crippen LogP contribution in [-0.2, 0) is 11.2 Å². The summed E-state index contributed by atoms with van der Waals surface area (Å²) in [5, 5.41) is 6.45. The lowest BCUT2D eigenvalue weighted by molar-refractivity contribution is 0.0302. The van der Waals surface area contributed by atoms with Gasteiger partial charge in [-0.2, -0.15) is 0 Å². The van der Waals surface area contributed by atoms with Gasteiger partial charge in [0, 0.05) is 33.7 Å². The van der Waals surface area contributed by atoms with E-state index in [4.69, 9.17) is 14.2 Å². The number of carbonyl (C=O) groups excluding carboxylic acids is 1. The number of hydrogen-bond acceptors (Lipinski definition) is 5. The van der Waals surface area contributed by atoms with Gasteiger partial charge >= 0.3 is 6.09 Å². The summed E-state index contributed by atoms with van der Waals surface area (Å²) in [6.07, 6.45) is 0.491. The van der Waals surface area contributed by atoms with Crippen molar-refractivity contribution >= 4 is 36.0 Å². The fourth-order valence-electron chi connectivity index (χ4n) is 2.42. The Balaban J connectivity index is 0.00000392. The van der Waals surface area contributed by atoms with E-state index in [2.05, 4.69) is 15.6 Å². The number of ether oxygens (including phenoxy) is 3. The van der Waals surface area contributed by atoms with Crippen LogP contribution in [0.3, 0.4) is 0 Å². The van der Waals surface area contributed by atoms with Gasteiger partial charge in [-0.1, -0.05) is 6.07 Å². The first kappa shape index (κ1) is 24.1. The van der Waals surface area contributed by atoms with Crippen molar-refractivity contribution in [3.63, 3.8) is 0 Å². The molecule has 1 aliphatic heterocycles. The minimum atomic E-state index is -0.495. The van der Waals surface area contributed by atoms with Gasteiger partial charge in [-0.05, 0) is 44.9 Å². The van der Waals surface area contributed by atoms with Gasteiger partial charge in [0.05, 0.1) is 0 Å². The van der Waals surface area contributed by atoms with Gasteiger partial charge in [-0.3, -0.25) is 4.99 Å². The third-order valence-electron chi connectivity index (χ3n) is 3.81. The Morgan fingerprint density at radius 1 is 1.21 bits per heavy atom. The molecule has 1 heterocycles. The van der Waals surface area contributed by atoms with E-state index >= 15 is 0 Å². The summed E-state index contributed by atoms with van der Waals surface area (Å²) < 4.78 is 16.0. The van der Waals surface area contributed by atoms with Crippen molar-refractivity contribution in [2.24, 2.45) is 4.99 Å². The molecule has 0 saturated heterocycles. The fourth-order valence-corrected chi connectivity index (χ4v) is 2.42. The number of carbonyl (C=O) groups is 1. The number of aliphatic imine (C=N–C) groups is 1. The lowest BCUT2D eigenvalue weighted by Gasteiger charge is -2.24. The maximum Gasteiger partial charge on any atom is 0.410 e. The molecule has 158 valence electrons. The number of rotatable bonds is 6. The number of halogens is 1. The van der Waals surface area contributed by atoms with Gasteiger partial charge in [0.2, 0.25) is 6.79 Å². The van der Waals surface area contributed by atoms with Crippen LogP contribution in [-0.4, -0.2) is 63.1 Å². The highest BCUT2D eigenvalue weighted by Crippen LogP contribution is 2.32. The van der Waals surface area contributed by atoms with Crippen LogP contribution in [0, 0.1) is 0 Å². The highest BCUT2D eigenvalue weighted by molar-refractivity contribution is 14.0. The number of nitrogens with zero attached hydrogens (tertiary/aromatic N) is 2. The molecule has 2 rings (SSSR count). The summed E-state index contributed by atoms with van der Waals surface area (Å²) in [7, 11) is 3.43. The number of hydrogen-bond donors (Lipinski definition) is 2. The van der Waals surface area contributed by atoms with E-state index in [1.54, 1.807) is 14.1 Å². The Labute approximate surface area is 184 Å². The van der Waals surface area contributed by atoms with Crippen LogP contribution in [0.15, 0.2) is 23.2 Å². The van der Waals surface area contributed by atoms with Gasteiger partial charge in [-0.25, -0.2) is 4.79 Å². The molecule has 1 amide bonds. The zero-order valence-electron chi connectivity index (χ0n) is 17.2. The molecule has 0 radical (unpaired) electrons. The standard InChI is InChI=1S/C19H30N4O4.HI/c1-19(2,3)27-18(24)23(5)11-10-22-17(20-4)21-9-8-14-6-7-15-16(12-14)26-13-25-15;/h6-7,12H,8-11,13H2,1-5H3,(H2,20,21,22);1H. The Bertz CT molecular complexity index is 676. The molecule has 0 fully saturated rings. The normalized spacial score (nSPS) is 12.8. The second-order valence-corrected chi connectivity index (χ2v) is 7.27. The molecule has 28 heavy (non-hydrogen) atoms. The van der Waals surface area contributed by atoms with E-state index in [-0.39, 0.29) is 36.9 Å². The molecule has 8 nitrogen and oxygen atoms in total. The second-order valence-electron chi connectivity index (χ2n) is 7.27. The number of guanidine groups is 1. The molecule has 0 aromatic heterocycles. The molecule has 1 aliphatic rings. The summed E-state index contributed by atoms with van der Waals surface area (Å²) in [4.78, 5) is 17.7. The zero-order chi connectivity index (χ0) is 19.9. The molecule has 0 unspecified atom stereocenters. The average molecular weight is 506 g/mol. The van der Waals surface area contributed by atoms with Crippen molar-refractivity contribution in [2.45, 2.75) is 32.8 Å². The molecular formula is C19H31IN4O4. The van der Waals surface area contributed by atoms with Crippen molar-refractivity contribution in [2.75, 3.05) is 40.5 Å². The lowest BCUT2D eigenvalue weighted by Crippen LogP contribution is -2.43. The van der Waals surface area contributed by atoms with Gasteiger partial charge in [-0.15, -0.1) is 24.0 Å². The van der Waals surface area contributed by atoms with E-state index in [9.17, 15) is 4.79 Å². The number of benzene rings is 1. The maximum atomic E-state index is 11.9. The molecule has 9 heteroatoms. The SMILES string of the molecule is CN=C(NCCc1ccc2c(c1)OCO2)NCCN(C)C(=O)OC(C)(C)C.I. The molecule has 1 aromatic rings. The van der Waals surface area contributed by atoms with Gasteiger partial charge in [0.25, 0.3) is 0 Å². The largest absolute Gasteiger partial charge is 0.454 e. The van der Waals surface area contributed by atoms with Crippen LogP contribution in [0.2, 0.25) is 0 Å². The Morgan fingerprint density at radius 3 is 2.57 bits per heavy atom. The van der Waals surface area contributed by atoms with Crippen LogP contribution in [0.25, 0.3) is 0 Å². The van der Waals surface area contributed by atoms with Gasteiger partial charge < -0.3 is 29.7 Å². The number of likely N-dealkylation sites (N-methyl/N-ethyl adjacent to an activating group) is 1. The first-order chi connectivity index (χ1) is 12.8. The van der Waals surface area contributed by atoms with Crippen molar-refractivity contribution in [1.29, 1.82) is 0 Å². The molecule has 2 N–H and O–H groups in total. The highest BCUT2D eigenvalue weighted by atomic mass is 127. The molecule has 0 bridgehead atoms. The third kappa shape index (κ3) is 7.99. The van der Waals surface area contributed by atoms with Crippen molar-refractivity contribution in [3.05, 3.63) is 23.8 Å². The molecule has 0 aliphatic carbocycles.